The van der Waals surface area contributed by atoms with Crippen LogP contribution in [0.4, 0.5) is 0 Å². The Kier molecular flexibility index (Phi) is 6.04. The molecule has 1 aliphatic rings. The molecule has 1 saturated carbocycles. The summed E-state index contributed by atoms with van der Waals surface area (Å²) in [6.45, 7) is 1.94. The van der Waals surface area contributed by atoms with E-state index in [1.807, 2.05) is 43.5 Å². The lowest BCUT2D eigenvalue weighted by molar-refractivity contribution is -0.127. The van der Waals surface area contributed by atoms with E-state index in [1.54, 1.807) is 10.9 Å². The molecular weight excluding hydrogens is 328 g/mol. The summed E-state index contributed by atoms with van der Waals surface area (Å²) in [5.74, 6) is -0.147. The molecule has 1 atom stereocenters. The number of rotatable bonds is 7. The molecule has 3 rings (SSSR count). The second-order valence-corrected chi connectivity index (χ2v) is 6.85. The minimum absolute atomic E-state index is 0.0309. The number of benzene rings is 1. The number of amides is 2. The monoisotopic (exact) mass is 354 g/mol. The number of carbonyl (C=O) groups is 2. The number of aromatic nitrogens is 2. The third-order valence-corrected chi connectivity index (χ3v) is 4.83. The first-order valence-corrected chi connectivity index (χ1v) is 9.31. The van der Waals surface area contributed by atoms with E-state index in [-0.39, 0.29) is 30.7 Å². The van der Waals surface area contributed by atoms with Crippen molar-refractivity contribution in [1.82, 2.24) is 20.4 Å². The van der Waals surface area contributed by atoms with Gasteiger partial charge in [-0.3, -0.25) is 9.59 Å². The van der Waals surface area contributed by atoms with E-state index in [0.29, 0.717) is 6.04 Å². The number of hydrogen-bond donors (Lipinski definition) is 2. The predicted molar refractivity (Wildman–Crippen MR) is 99.8 cm³/mol. The third kappa shape index (κ3) is 4.71. The maximum Gasteiger partial charge on any atom is 0.220 e. The van der Waals surface area contributed by atoms with Crippen molar-refractivity contribution in [3.05, 3.63) is 48.3 Å². The fraction of sp³-hybridized carbons (Fsp3) is 0.450. The molecule has 1 fully saturated rings. The van der Waals surface area contributed by atoms with Crippen molar-refractivity contribution in [2.24, 2.45) is 0 Å². The molecule has 0 spiro atoms. The van der Waals surface area contributed by atoms with E-state index in [4.69, 9.17) is 0 Å². The Balaban J connectivity index is 1.52. The molecule has 0 radical (unpaired) electrons. The number of carbonyl (C=O) groups excluding carboxylic acids is 2. The summed E-state index contributed by atoms with van der Waals surface area (Å²) >= 11 is 0. The van der Waals surface area contributed by atoms with E-state index in [1.165, 1.54) is 12.8 Å². The van der Waals surface area contributed by atoms with Crippen LogP contribution in [0, 0.1) is 0 Å². The molecule has 0 aliphatic heterocycles. The van der Waals surface area contributed by atoms with Gasteiger partial charge in [-0.05, 0) is 37.5 Å². The van der Waals surface area contributed by atoms with Gasteiger partial charge in [-0.25, -0.2) is 4.68 Å². The van der Waals surface area contributed by atoms with Crippen LogP contribution in [0.25, 0.3) is 5.69 Å². The smallest absolute Gasteiger partial charge is 0.220 e. The second-order valence-electron chi connectivity index (χ2n) is 6.85. The number of nitrogens with zero attached hydrogens (tertiary/aromatic N) is 2. The molecule has 1 heterocycles. The van der Waals surface area contributed by atoms with Gasteiger partial charge in [-0.2, -0.15) is 5.10 Å². The lowest BCUT2D eigenvalue weighted by Gasteiger charge is -2.18. The summed E-state index contributed by atoms with van der Waals surface area (Å²) < 4.78 is 1.78. The summed E-state index contributed by atoms with van der Waals surface area (Å²) in [7, 11) is 0. The molecule has 0 saturated heterocycles. The van der Waals surface area contributed by atoms with Gasteiger partial charge >= 0.3 is 0 Å². The molecule has 138 valence electrons. The van der Waals surface area contributed by atoms with Crippen molar-refractivity contribution in [3.8, 4) is 5.69 Å². The van der Waals surface area contributed by atoms with E-state index in [0.717, 1.165) is 24.1 Å². The number of para-hydroxylation sites is 1. The summed E-state index contributed by atoms with van der Waals surface area (Å²) in [6, 6.07) is 9.84. The fourth-order valence-corrected chi connectivity index (χ4v) is 3.46. The summed E-state index contributed by atoms with van der Waals surface area (Å²) in [5, 5.41) is 10.3. The Morgan fingerprint density at radius 3 is 2.62 bits per heavy atom. The molecule has 2 aromatic rings. The van der Waals surface area contributed by atoms with Crippen LogP contribution in [0.3, 0.4) is 0 Å². The van der Waals surface area contributed by atoms with Crippen LogP contribution in [-0.4, -0.2) is 27.6 Å². The van der Waals surface area contributed by atoms with Crippen molar-refractivity contribution in [2.45, 2.75) is 57.5 Å². The first kappa shape index (κ1) is 18.2. The summed E-state index contributed by atoms with van der Waals surface area (Å²) in [4.78, 5) is 24.2. The Labute approximate surface area is 154 Å². The van der Waals surface area contributed by atoms with Crippen molar-refractivity contribution in [2.75, 3.05) is 0 Å². The standard InChI is InChI=1S/C20H26N4O2/c1-15(17-9-4-5-10-18(17)24-14-6-13-21-24)22-19(25)11-12-20(26)23-16-7-2-3-8-16/h4-6,9-10,13-16H,2-3,7-8,11-12H2,1H3,(H,22,25)(H,23,26)/t15-/m1/s1. The van der Waals surface area contributed by atoms with Crippen LogP contribution in [0.2, 0.25) is 0 Å². The van der Waals surface area contributed by atoms with Gasteiger partial charge in [0.05, 0.1) is 11.7 Å². The van der Waals surface area contributed by atoms with Gasteiger partial charge in [0.15, 0.2) is 0 Å². The predicted octanol–water partition coefficient (Wildman–Crippen LogP) is 2.89. The largest absolute Gasteiger partial charge is 0.353 e. The third-order valence-electron chi connectivity index (χ3n) is 4.83. The van der Waals surface area contributed by atoms with E-state index in [2.05, 4.69) is 15.7 Å². The molecule has 2 N–H and O–H groups in total. The van der Waals surface area contributed by atoms with Gasteiger partial charge in [0.25, 0.3) is 0 Å². The van der Waals surface area contributed by atoms with Gasteiger partial charge in [0.1, 0.15) is 0 Å². The Bertz CT molecular complexity index is 736. The van der Waals surface area contributed by atoms with Crippen LogP contribution >= 0.6 is 0 Å². The van der Waals surface area contributed by atoms with Crippen LogP contribution in [0.15, 0.2) is 42.7 Å². The Hall–Kier alpha value is -2.63. The minimum Gasteiger partial charge on any atom is -0.353 e. The molecule has 6 nitrogen and oxygen atoms in total. The normalized spacial score (nSPS) is 15.6. The van der Waals surface area contributed by atoms with Gasteiger partial charge in [0.2, 0.25) is 11.8 Å². The van der Waals surface area contributed by atoms with Gasteiger partial charge < -0.3 is 10.6 Å². The van der Waals surface area contributed by atoms with Crippen molar-refractivity contribution >= 4 is 11.8 Å². The van der Waals surface area contributed by atoms with Gasteiger partial charge in [-0.15, -0.1) is 0 Å². The first-order chi connectivity index (χ1) is 12.6. The number of hydrogen-bond acceptors (Lipinski definition) is 3. The van der Waals surface area contributed by atoms with E-state index < -0.39 is 0 Å². The Morgan fingerprint density at radius 1 is 1.15 bits per heavy atom. The zero-order chi connectivity index (χ0) is 18.4. The topological polar surface area (TPSA) is 76.0 Å². The average molecular weight is 354 g/mol. The van der Waals surface area contributed by atoms with Crippen LogP contribution in [-0.2, 0) is 9.59 Å². The summed E-state index contributed by atoms with van der Waals surface area (Å²) in [5.41, 5.74) is 1.92. The molecule has 2 amide bonds. The minimum atomic E-state index is -0.166. The average Bonchev–Trinajstić information content (AvgIpc) is 3.34. The Morgan fingerprint density at radius 2 is 1.88 bits per heavy atom. The van der Waals surface area contributed by atoms with E-state index in [9.17, 15) is 9.59 Å². The SMILES string of the molecule is C[C@@H](NC(=O)CCC(=O)NC1CCCC1)c1ccccc1-n1cccn1. The molecule has 0 bridgehead atoms. The summed E-state index contributed by atoms with van der Waals surface area (Å²) in [6.07, 6.45) is 8.50. The van der Waals surface area contributed by atoms with Gasteiger partial charge in [0, 0.05) is 31.3 Å². The first-order valence-electron chi connectivity index (χ1n) is 9.31. The van der Waals surface area contributed by atoms with Crippen molar-refractivity contribution < 1.29 is 9.59 Å². The van der Waals surface area contributed by atoms with Crippen molar-refractivity contribution in [3.63, 3.8) is 0 Å². The highest BCUT2D eigenvalue weighted by Crippen LogP contribution is 2.21. The quantitative estimate of drug-likeness (QED) is 0.803. The molecule has 1 aromatic carbocycles. The lowest BCUT2D eigenvalue weighted by Crippen LogP contribution is -2.34. The lowest BCUT2D eigenvalue weighted by atomic mass is 10.1. The van der Waals surface area contributed by atoms with Crippen LogP contribution in [0.5, 0.6) is 0 Å². The fourth-order valence-electron chi connectivity index (χ4n) is 3.46. The zero-order valence-corrected chi connectivity index (χ0v) is 15.1. The van der Waals surface area contributed by atoms with Crippen LogP contribution in [0.1, 0.15) is 57.1 Å². The molecule has 1 aliphatic carbocycles. The van der Waals surface area contributed by atoms with Gasteiger partial charge in [-0.1, -0.05) is 31.0 Å². The highest BCUT2D eigenvalue weighted by molar-refractivity contribution is 5.84. The van der Waals surface area contributed by atoms with Crippen molar-refractivity contribution in [1.29, 1.82) is 0 Å². The molecule has 26 heavy (non-hydrogen) atoms. The molecule has 1 aromatic heterocycles. The maximum atomic E-state index is 12.3. The highest BCUT2D eigenvalue weighted by atomic mass is 16.2. The maximum absolute atomic E-state index is 12.3. The highest BCUT2D eigenvalue weighted by Gasteiger charge is 2.18. The molecule has 6 heteroatoms. The number of nitrogens with one attached hydrogen (secondary N) is 2. The van der Waals surface area contributed by atoms with Crippen LogP contribution < -0.4 is 10.6 Å². The van der Waals surface area contributed by atoms with E-state index >= 15 is 0 Å². The molecular formula is C20H26N4O2. The zero-order valence-electron chi connectivity index (χ0n) is 15.1. The molecule has 0 unspecified atom stereocenters. The second kappa shape index (κ2) is 8.65.